The van der Waals surface area contributed by atoms with Crippen LogP contribution in [0, 0.1) is 5.82 Å². The average molecular weight is 390 g/mol. The number of benzene rings is 2. The van der Waals surface area contributed by atoms with Crippen LogP contribution in [-0.2, 0) is 6.54 Å². The molecule has 0 aliphatic heterocycles. The van der Waals surface area contributed by atoms with Crippen molar-refractivity contribution in [3.63, 3.8) is 0 Å². The minimum Gasteiger partial charge on any atom is -0.302 e. The number of nitrogens with zero attached hydrogens (tertiary/aromatic N) is 3. The van der Waals surface area contributed by atoms with Crippen molar-refractivity contribution in [2.75, 3.05) is 0 Å². The van der Waals surface area contributed by atoms with E-state index in [1.165, 1.54) is 36.0 Å². The largest absolute Gasteiger partial charge is 0.302 e. The van der Waals surface area contributed by atoms with E-state index in [0.717, 1.165) is 5.56 Å². The second-order valence-electron chi connectivity index (χ2n) is 5.69. The molecule has 2 aromatic carbocycles. The Labute approximate surface area is 160 Å². The highest BCUT2D eigenvalue weighted by Gasteiger charge is 2.21. The summed E-state index contributed by atoms with van der Waals surface area (Å²) in [7, 11) is 0. The van der Waals surface area contributed by atoms with Crippen molar-refractivity contribution < 1.29 is 9.18 Å². The third kappa shape index (κ3) is 3.97. The summed E-state index contributed by atoms with van der Waals surface area (Å²) in [6, 6.07) is 13.0. The molecule has 0 aliphatic carbocycles. The summed E-state index contributed by atoms with van der Waals surface area (Å²) in [6.45, 7) is 4.46. The van der Waals surface area contributed by atoms with Gasteiger partial charge in [-0.3, -0.25) is 4.79 Å². The Hall–Kier alpha value is -2.18. The maximum absolute atomic E-state index is 13.0. The van der Waals surface area contributed by atoms with Crippen LogP contribution in [-0.4, -0.2) is 25.8 Å². The van der Waals surface area contributed by atoms with Crippen LogP contribution >= 0.6 is 23.4 Å². The molecule has 0 bridgehead atoms. The van der Waals surface area contributed by atoms with Gasteiger partial charge in [0, 0.05) is 22.7 Å². The first-order chi connectivity index (χ1) is 12.5. The first-order valence-electron chi connectivity index (χ1n) is 8.15. The highest BCUT2D eigenvalue weighted by Crippen LogP contribution is 2.29. The van der Waals surface area contributed by atoms with Gasteiger partial charge in [0.1, 0.15) is 5.82 Å². The van der Waals surface area contributed by atoms with Gasteiger partial charge in [0.25, 0.3) is 0 Å². The minimum atomic E-state index is -0.373. The van der Waals surface area contributed by atoms with E-state index in [2.05, 4.69) is 10.2 Å². The van der Waals surface area contributed by atoms with E-state index >= 15 is 0 Å². The van der Waals surface area contributed by atoms with E-state index in [4.69, 9.17) is 11.6 Å². The van der Waals surface area contributed by atoms with Gasteiger partial charge in [-0.15, -0.1) is 10.2 Å². The van der Waals surface area contributed by atoms with Gasteiger partial charge in [-0.25, -0.2) is 4.39 Å². The van der Waals surface area contributed by atoms with Crippen LogP contribution < -0.4 is 0 Å². The first kappa shape index (κ1) is 18.6. The van der Waals surface area contributed by atoms with E-state index in [9.17, 15) is 9.18 Å². The number of carbonyl (C=O) groups is 1. The van der Waals surface area contributed by atoms with Gasteiger partial charge in [-0.2, -0.15) is 0 Å². The van der Waals surface area contributed by atoms with Crippen LogP contribution in [0.2, 0.25) is 5.02 Å². The number of hydrogen-bond donors (Lipinski definition) is 0. The number of thioether (sulfide) groups is 1. The summed E-state index contributed by atoms with van der Waals surface area (Å²) in [4.78, 5) is 12.6. The molecule has 3 aromatic rings. The first-order valence-corrected chi connectivity index (χ1v) is 9.41. The van der Waals surface area contributed by atoms with Crippen molar-refractivity contribution in [2.24, 2.45) is 0 Å². The van der Waals surface area contributed by atoms with Gasteiger partial charge in [0.05, 0.1) is 5.25 Å². The van der Waals surface area contributed by atoms with Gasteiger partial charge in [0.15, 0.2) is 16.8 Å². The lowest BCUT2D eigenvalue weighted by molar-refractivity contribution is 0.0994. The van der Waals surface area contributed by atoms with Crippen molar-refractivity contribution in [1.82, 2.24) is 14.8 Å². The number of carbonyl (C=O) groups excluding carboxylic acids is 1. The lowest BCUT2D eigenvalue weighted by Gasteiger charge is -2.12. The van der Waals surface area contributed by atoms with Crippen molar-refractivity contribution in [2.45, 2.75) is 30.8 Å². The maximum atomic E-state index is 13.0. The summed E-state index contributed by atoms with van der Waals surface area (Å²) in [5, 5.41) is 9.42. The number of aromatic nitrogens is 3. The molecule has 1 unspecified atom stereocenters. The molecule has 134 valence electrons. The average Bonchev–Trinajstić information content (AvgIpc) is 3.04. The fourth-order valence-corrected chi connectivity index (χ4v) is 3.74. The zero-order valence-electron chi connectivity index (χ0n) is 14.3. The number of rotatable bonds is 6. The molecule has 1 aromatic heterocycles. The lowest BCUT2D eigenvalue weighted by Crippen LogP contribution is -2.14. The van der Waals surface area contributed by atoms with Crippen LogP contribution in [0.25, 0.3) is 11.4 Å². The summed E-state index contributed by atoms with van der Waals surface area (Å²) in [5.74, 6) is 0.266. The molecule has 4 nitrogen and oxygen atoms in total. The summed E-state index contributed by atoms with van der Waals surface area (Å²) >= 11 is 7.40. The molecule has 0 saturated carbocycles. The number of Topliss-reactive ketones (excluding diaryl/α,β-unsaturated/α-hetero) is 1. The topological polar surface area (TPSA) is 47.8 Å². The van der Waals surface area contributed by atoms with Crippen LogP contribution in [0.4, 0.5) is 4.39 Å². The molecular weight excluding hydrogens is 373 g/mol. The molecule has 1 heterocycles. The van der Waals surface area contributed by atoms with Crippen LogP contribution in [0.5, 0.6) is 0 Å². The van der Waals surface area contributed by atoms with Gasteiger partial charge >= 0.3 is 0 Å². The highest BCUT2D eigenvalue weighted by atomic mass is 35.5. The van der Waals surface area contributed by atoms with E-state index in [0.29, 0.717) is 28.1 Å². The molecule has 0 saturated heterocycles. The molecule has 7 heteroatoms. The van der Waals surface area contributed by atoms with E-state index < -0.39 is 0 Å². The SMILES string of the molecule is CCn1c(SC(C)C(=O)c2ccc(F)cc2)nnc1-c1cccc(Cl)c1. The Kier molecular flexibility index (Phi) is 5.74. The lowest BCUT2D eigenvalue weighted by atomic mass is 10.1. The van der Waals surface area contributed by atoms with Crippen molar-refractivity contribution >= 4 is 29.1 Å². The summed E-state index contributed by atoms with van der Waals surface area (Å²) in [5.41, 5.74) is 1.35. The van der Waals surface area contributed by atoms with Gasteiger partial charge in [0.2, 0.25) is 0 Å². The minimum absolute atomic E-state index is 0.0787. The molecule has 1 atom stereocenters. The Morgan fingerprint density at radius 1 is 1.23 bits per heavy atom. The summed E-state index contributed by atoms with van der Waals surface area (Å²) in [6.07, 6.45) is 0. The fraction of sp³-hybridized carbons (Fsp3) is 0.211. The molecule has 0 fully saturated rings. The van der Waals surface area contributed by atoms with E-state index in [-0.39, 0.29) is 16.9 Å². The van der Waals surface area contributed by atoms with Crippen molar-refractivity contribution in [3.8, 4) is 11.4 Å². The molecule has 0 spiro atoms. The van der Waals surface area contributed by atoms with Crippen LogP contribution in [0.1, 0.15) is 24.2 Å². The van der Waals surface area contributed by atoms with Crippen LogP contribution in [0.15, 0.2) is 53.7 Å². The Bertz CT molecular complexity index is 927. The fourth-order valence-electron chi connectivity index (χ4n) is 2.56. The normalized spacial score (nSPS) is 12.2. The van der Waals surface area contributed by atoms with E-state index in [1.54, 1.807) is 6.07 Å². The van der Waals surface area contributed by atoms with Crippen LogP contribution in [0.3, 0.4) is 0 Å². The van der Waals surface area contributed by atoms with E-state index in [1.807, 2.05) is 36.6 Å². The number of halogens is 2. The second-order valence-corrected chi connectivity index (χ2v) is 7.44. The standard InChI is InChI=1S/C19H17ClFN3OS/c1-3-24-18(14-5-4-6-15(20)11-14)22-23-19(24)26-12(2)17(25)13-7-9-16(21)10-8-13/h4-12H,3H2,1-2H3. The van der Waals surface area contributed by atoms with Gasteiger partial charge < -0.3 is 4.57 Å². The molecule has 0 N–H and O–H groups in total. The van der Waals surface area contributed by atoms with Gasteiger partial charge in [-0.05, 0) is 50.2 Å². The molecule has 26 heavy (non-hydrogen) atoms. The predicted molar refractivity (Wildman–Crippen MR) is 102 cm³/mol. The monoisotopic (exact) mass is 389 g/mol. The van der Waals surface area contributed by atoms with Crippen molar-refractivity contribution in [1.29, 1.82) is 0 Å². The third-order valence-corrected chi connectivity index (χ3v) is 5.21. The molecular formula is C19H17ClFN3OS. The second kappa shape index (κ2) is 8.01. The predicted octanol–water partition coefficient (Wildman–Crippen LogP) is 5.12. The van der Waals surface area contributed by atoms with Gasteiger partial charge in [-0.1, -0.05) is 35.5 Å². The number of ketones is 1. The van der Waals surface area contributed by atoms with Crippen molar-refractivity contribution in [3.05, 3.63) is 64.9 Å². The smallest absolute Gasteiger partial charge is 0.192 e. The maximum Gasteiger partial charge on any atom is 0.192 e. The molecule has 0 radical (unpaired) electrons. The zero-order valence-corrected chi connectivity index (χ0v) is 15.9. The quantitative estimate of drug-likeness (QED) is 0.433. The zero-order chi connectivity index (χ0) is 18.7. The highest BCUT2D eigenvalue weighted by molar-refractivity contribution is 8.00. The molecule has 0 amide bonds. The summed E-state index contributed by atoms with van der Waals surface area (Å²) < 4.78 is 15.0. The number of hydrogen-bond acceptors (Lipinski definition) is 4. The Balaban J connectivity index is 1.83. The Morgan fingerprint density at radius 2 is 1.96 bits per heavy atom. The molecule has 0 aliphatic rings. The third-order valence-electron chi connectivity index (χ3n) is 3.90. The molecule has 3 rings (SSSR count). The Morgan fingerprint density at radius 3 is 2.62 bits per heavy atom.